The number of hydrogen-bond donors (Lipinski definition) is 0. The Labute approximate surface area is 171 Å². The highest BCUT2D eigenvalue weighted by atomic mass is 32.1. The van der Waals surface area contributed by atoms with E-state index in [4.69, 9.17) is 4.52 Å². The molecule has 0 saturated carbocycles. The molecule has 5 rings (SSSR count). The van der Waals surface area contributed by atoms with Crippen LogP contribution in [0.25, 0.3) is 21.8 Å². The van der Waals surface area contributed by atoms with Crippen LogP contribution in [0.1, 0.15) is 29.6 Å². The number of benzene rings is 1. The molecule has 7 nitrogen and oxygen atoms in total. The van der Waals surface area contributed by atoms with Gasteiger partial charge in [-0.25, -0.2) is 4.98 Å². The van der Waals surface area contributed by atoms with Gasteiger partial charge in [-0.1, -0.05) is 23.4 Å². The summed E-state index contributed by atoms with van der Waals surface area (Å²) in [6.07, 6.45) is 3.68. The lowest BCUT2D eigenvalue weighted by Gasteiger charge is -2.15. The predicted octanol–water partition coefficient (Wildman–Crippen LogP) is 3.69. The van der Waals surface area contributed by atoms with Crippen molar-refractivity contribution < 1.29 is 9.32 Å². The van der Waals surface area contributed by atoms with Gasteiger partial charge in [0, 0.05) is 38.0 Å². The fraction of sp³-hybridized carbons (Fsp3) is 0.286. The van der Waals surface area contributed by atoms with Gasteiger partial charge < -0.3 is 9.42 Å². The summed E-state index contributed by atoms with van der Waals surface area (Å²) < 4.78 is 6.52. The van der Waals surface area contributed by atoms with E-state index in [0.717, 1.165) is 28.2 Å². The summed E-state index contributed by atoms with van der Waals surface area (Å²) in [6.45, 7) is 1.34. The van der Waals surface area contributed by atoms with Gasteiger partial charge in [-0.3, -0.25) is 9.78 Å². The molecular weight excluding hydrogens is 386 g/mol. The van der Waals surface area contributed by atoms with Crippen molar-refractivity contribution in [2.24, 2.45) is 0 Å². The minimum absolute atomic E-state index is 0.0996. The molecule has 0 bridgehead atoms. The second-order valence-corrected chi connectivity index (χ2v) is 8.19. The molecule has 0 radical (unpaired) electrons. The fourth-order valence-corrected chi connectivity index (χ4v) is 4.56. The Bertz CT molecular complexity index is 1110. The largest absolute Gasteiger partial charge is 0.342 e. The van der Waals surface area contributed by atoms with Crippen molar-refractivity contribution in [1.82, 2.24) is 25.0 Å². The second kappa shape index (κ2) is 7.71. The van der Waals surface area contributed by atoms with Crippen molar-refractivity contribution in [1.29, 1.82) is 0 Å². The summed E-state index contributed by atoms with van der Waals surface area (Å²) in [7, 11) is 0. The van der Waals surface area contributed by atoms with Crippen molar-refractivity contribution in [3.63, 3.8) is 0 Å². The molecule has 1 atom stereocenters. The molecule has 1 amide bonds. The van der Waals surface area contributed by atoms with Gasteiger partial charge in [-0.15, -0.1) is 11.3 Å². The molecular formula is C21H19N5O2S. The number of rotatable bonds is 5. The van der Waals surface area contributed by atoms with E-state index >= 15 is 0 Å². The fourth-order valence-electron chi connectivity index (χ4n) is 3.59. The predicted molar refractivity (Wildman–Crippen MR) is 109 cm³/mol. The van der Waals surface area contributed by atoms with E-state index in [1.165, 1.54) is 0 Å². The maximum atomic E-state index is 12.7. The Morgan fingerprint density at radius 2 is 2.07 bits per heavy atom. The first-order valence-corrected chi connectivity index (χ1v) is 10.4. The number of carbonyl (C=O) groups excluding carboxylic acids is 1. The Kier molecular flexibility index (Phi) is 4.77. The Morgan fingerprint density at radius 3 is 2.93 bits per heavy atom. The van der Waals surface area contributed by atoms with Crippen molar-refractivity contribution in [3.8, 4) is 11.6 Å². The normalized spacial score (nSPS) is 16.6. The molecule has 4 aromatic rings. The van der Waals surface area contributed by atoms with Gasteiger partial charge >= 0.3 is 0 Å². The smallest absolute Gasteiger partial charge is 0.276 e. The van der Waals surface area contributed by atoms with E-state index in [9.17, 15) is 4.79 Å². The van der Waals surface area contributed by atoms with Crippen LogP contribution in [0.3, 0.4) is 0 Å². The quantitative estimate of drug-likeness (QED) is 0.503. The number of likely N-dealkylation sites (tertiary alicyclic amines) is 1. The minimum Gasteiger partial charge on any atom is -0.342 e. The monoisotopic (exact) mass is 405 g/mol. The molecule has 0 aliphatic carbocycles. The minimum atomic E-state index is 0.0996. The summed E-state index contributed by atoms with van der Waals surface area (Å²) >= 11 is 1.66. The number of aryl methyl sites for hydroxylation is 1. The molecule has 1 aliphatic rings. The maximum Gasteiger partial charge on any atom is 0.276 e. The zero-order chi connectivity index (χ0) is 19.6. The SMILES string of the molecule is O=C(CCc1nc2ccccc2s1)N1CCC(c2noc(-c3ccccn3)n2)C1. The number of para-hydroxylation sites is 1. The molecule has 3 aromatic heterocycles. The van der Waals surface area contributed by atoms with Crippen molar-refractivity contribution >= 4 is 27.5 Å². The third-order valence-corrected chi connectivity index (χ3v) is 6.22. The zero-order valence-corrected chi connectivity index (χ0v) is 16.5. The molecule has 1 aromatic carbocycles. The third-order valence-electron chi connectivity index (χ3n) is 5.12. The molecule has 1 unspecified atom stereocenters. The molecule has 1 aliphatic heterocycles. The third kappa shape index (κ3) is 3.75. The van der Waals surface area contributed by atoms with E-state index < -0.39 is 0 Å². The van der Waals surface area contributed by atoms with Gasteiger partial charge in [0.25, 0.3) is 5.89 Å². The summed E-state index contributed by atoms with van der Waals surface area (Å²) in [5, 5.41) is 5.12. The van der Waals surface area contributed by atoms with Crippen LogP contribution in [0.2, 0.25) is 0 Å². The van der Waals surface area contributed by atoms with Gasteiger partial charge in [-0.2, -0.15) is 4.98 Å². The Balaban J connectivity index is 1.19. The van der Waals surface area contributed by atoms with E-state index in [1.54, 1.807) is 17.5 Å². The molecule has 8 heteroatoms. The number of fused-ring (bicyclic) bond motifs is 1. The lowest BCUT2D eigenvalue weighted by atomic mass is 10.1. The first kappa shape index (κ1) is 17.9. The Morgan fingerprint density at radius 1 is 1.17 bits per heavy atom. The zero-order valence-electron chi connectivity index (χ0n) is 15.7. The first-order valence-electron chi connectivity index (χ1n) is 9.63. The van der Waals surface area contributed by atoms with Gasteiger partial charge in [0.15, 0.2) is 5.82 Å². The van der Waals surface area contributed by atoms with E-state index in [0.29, 0.717) is 36.8 Å². The van der Waals surface area contributed by atoms with E-state index in [1.807, 2.05) is 41.3 Å². The van der Waals surface area contributed by atoms with Crippen LogP contribution in [-0.4, -0.2) is 44.0 Å². The van der Waals surface area contributed by atoms with Crippen LogP contribution in [0.5, 0.6) is 0 Å². The van der Waals surface area contributed by atoms with Crippen molar-refractivity contribution in [2.45, 2.75) is 25.2 Å². The highest BCUT2D eigenvalue weighted by Gasteiger charge is 2.30. The molecule has 29 heavy (non-hydrogen) atoms. The Hall–Kier alpha value is -3.13. The lowest BCUT2D eigenvalue weighted by molar-refractivity contribution is -0.130. The topological polar surface area (TPSA) is 85.0 Å². The van der Waals surface area contributed by atoms with Gasteiger partial charge in [0.2, 0.25) is 5.91 Å². The van der Waals surface area contributed by atoms with Crippen molar-refractivity contribution in [3.05, 3.63) is 59.5 Å². The van der Waals surface area contributed by atoms with E-state index in [-0.39, 0.29) is 11.8 Å². The summed E-state index contributed by atoms with van der Waals surface area (Å²) in [5.41, 5.74) is 1.66. The summed E-state index contributed by atoms with van der Waals surface area (Å²) in [6, 6.07) is 13.6. The molecule has 0 spiro atoms. The van der Waals surface area contributed by atoms with E-state index in [2.05, 4.69) is 26.2 Å². The van der Waals surface area contributed by atoms with Crippen LogP contribution in [-0.2, 0) is 11.2 Å². The molecule has 0 N–H and O–H groups in total. The average molecular weight is 405 g/mol. The number of amides is 1. The second-order valence-electron chi connectivity index (χ2n) is 7.07. The highest BCUT2D eigenvalue weighted by Crippen LogP contribution is 2.28. The van der Waals surface area contributed by atoms with Crippen molar-refractivity contribution in [2.75, 3.05) is 13.1 Å². The molecule has 1 fully saturated rings. The van der Waals surface area contributed by atoms with Crippen LogP contribution in [0.4, 0.5) is 0 Å². The maximum absolute atomic E-state index is 12.7. The first-order chi connectivity index (χ1) is 14.3. The van der Waals surface area contributed by atoms with Crippen LogP contribution in [0, 0.1) is 0 Å². The van der Waals surface area contributed by atoms with Gasteiger partial charge in [-0.05, 0) is 30.7 Å². The number of hydrogen-bond acceptors (Lipinski definition) is 7. The summed E-state index contributed by atoms with van der Waals surface area (Å²) in [4.78, 5) is 27.9. The number of carbonyl (C=O) groups is 1. The molecule has 1 saturated heterocycles. The van der Waals surface area contributed by atoms with Crippen LogP contribution in [0.15, 0.2) is 53.2 Å². The van der Waals surface area contributed by atoms with Crippen LogP contribution >= 0.6 is 11.3 Å². The average Bonchev–Trinajstić information content (AvgIpc) is 3.51. The molecule has 4 heterocycles. The van der Waals surface area contributed by atoms with Crippen LogP contribution < -0.4 is 0 Å². The number of thiazole rings is 1. The lowest BCUT2D eigenvalue weighted by Crippen LogP contribution is -2.28. The highest BCUT2D eigenvalue weighted by molar-refractivity contribution is 7.18. The standard InChI is InChI=1S/C21H19N5O2S/c27-19(9-8-18-23-15-5-1-2-7-17(15)29-18)26-12-10-14(13-26)20-24-21(28-25-20)16-6-3-4-11-22-16/h1-7,11,14H,8-10,12-13H2. The number of nitrogens with zero attached hydrogens (tertiary/aromatic N) is 5. The van der Waals surface area contributed by atoms with Gasteiger partial charge in [0.05, 0.1) is 15.2 Å². The number of pyridine rings is 1. The van der Waals surface area contributed by atoms with Gasteiger partial charge in [0.1, 0.15) is 5.69 Å². The number of aromatic nitrogens is 4. The summed E-state index contributed by atoms with van der Waals surface area (Å²) in [5.74, 6) is 1.32. The molecule has 146 valence electrons.